The maximum atomic E-state index is 15.0. The Kier molecular flexibility index (Phi) is 5.05. The van der Waals surface area contributed by atoms with Gasteiger partial charge in [-0.15, -0.1) is 0 Å². The minimum Gasteiger partial charge on any atom is -0.338 e. The predicted molar refractivity (Wildman–Crippen MR) is 107 cm³/mol. The molecule has 31 heavy (non-hydrogen) atoms. The van der Waals surface area contributed by atoms with Crippen molar-refractivity contribution in [2.75, 3.05) is 11.4 Å². The highest BCUT2D eigenvalue weighted by atomic mass is 19.1. The second-order valence-electron chi connectivity index (χ2n) is 6.99. The number of nitrogens with zero attached hydrogens (tertiary/aromatic N) is 6. The van der Waals surface area contributed by atoms with Crippen molar-refractivity contribution >= 4 is 12.0 Å². The highest BCUT2D eigenvalue weighted by Crippen LogP contribution is 2.33. The van der Waals surface area contributed by atoms with Gasteiger partial charge >= 0.3 is 5.69 Å². The molecule has 1 saturated heterocycles. The van der Waals surface area contributed by atoms with Gasteiger partial charge in [-0.05, 0) is 54.9 Å². The third kappa shape index (κ3) is 3.56. The Morgan fingerprint density at radius 1 is 1.16 bits per heavy atom. The lowest BCUT2D eigenvalue weighted by Crippen LogP contribution is -2.43. The van der Waals surface area contributed by atoms with Crippen LogP contribution in [0.5, 0.6) is 0 Å². The Bertz CT molecular complexity index is 1250. The van der Waals surface area contributed by atoms with E-state index in [2.05, 4.69) is 10.0 Å². The third-order valence-electron chi connectivity index (χ3n) is 5.03. The van der Waals surface area contributed by atoms with Crippen LogP contribution in [0.1, 0.15) is 6.92 Å². The van der Waals surface area contributed by atoms with Crippen molar-refractivity contribution in [1.29, 1.82) is 0 Å². The summed E-state index contributed by atoms with van der Waals surface area (Å²) < 4.78 is 36.0. The minimum absolute atomic E-state index is 0.00544. The third-order valence-corrected chi connectivity index (χ3v) is 5.03. The highest BCUT2D eigenvalue weighted by Gasteiger charge is 2.43. The molecule has 2 unspecified atom stereocenters. The molecule has 0 radical (unpaired) electrons. The van der Waals surface area contributed by atoms with Gasteiger partial charge in [0.2, 0.25) is 0 Å². The Morgan fingerprint density at radius 2 is 1.84 bits per heavy atom. The molecule has 1 fully saturated rings. The summed E-state index contributed by atoms with van der Waals surface area (Å²) in [6, 6.07) is 9.42. The number of ether oxygens (including phenoxy) is 1. The summed E-state index contributed by atoms with van der Waals surface area (Å²) in [5.41, 5.74) is 7.39. The lowest BCUT2D eigenvalue weighted by atomic mass is 10.2. The van der Waals surface area contributed by atoms with E-state index in [4.69, 9.17) is 10.3 Å². The first-order chi connectivity index (χ1) is 14.9. The molecule has 3 aromatic rings. The quantitative estimate of drug-likeness (QED) is 0.270. The van der Waals surface area contributed by atoms with Gasteiger partial charge in [-0.2, -0.15) is 0 Å². The van der Waals surface area contributed by atoms with Crippen LogP contribution in [0.25, 0.3) is 21.8 Å². The van der Waals surface area contributed by atoms with Gasteiger partial charge in [-0.3, -0.25) is 13.9 Å². The van der Waals surface area contributed by atoms with Gasteiger partial charge in [-0.1, -0.05) is 5.11 Å². The van der Waals surface area contributed by atoms with E-state index in [1.807, 2.05) is 0 Å². The van der Waals surface area contributed by atoms with Crippen LogP contribution < -0.4 is 10.6 Å². The zero-order valence-electron chi connectivity index (χ0n) is 16.2. The zero-order chi connectivity index (χ0) is 22.2. The van der Waals surface area contributed by atoms with E-state index < -0.39 is 29.3 Å². The van der Waals surface area contributed by atoms with Gasteiger partial charge in [0.1, 0.15) is 11.6 Å². The monoisotopic (exact) mass is 426 g/mol. The van der Waals surface area contributed by atoms with E-state index in [-0.39, 0.29) is 12.2 Å². The molecule has 0 spiro atoms. The van der Waals surface area contributed by atoms with Gasteiger partial charge in [0, 0.05) is 23.0 Å². The van der Waals surface area contributed by atoms with E-state index in [1.165, 1.54) is 71.2 Å². The first-order valence-corrected chi connectivity index (χ1v) is 9.18. The first-order valence-electron chi connectivity index (χ1n) is 9.18. The lowest BCUT2D eigenvalue weighted by molar-refractivity contribution is -0.127. The maximum absolute atomic E-state index is 15.0. The van der Waals surface area contributed by atoms with Crippen LogP contribution >= 0.6 is 0 Å². The van der Waals surface area contributed by atoms with Gasteiger partial charge in [0.15, 0.2) is 18.2 Å². The molecule has 0 N–H and O–H groups in total. The summed E-state index contributed by atoms with van der Waals surface area (Å²) in [6.45, 7) is 1.53. The summed E-state index contributed by atoms with van der Waals surface area (Å²) in [5.74, 6) is -1.15. The number of halogens is 2. The fourth-order valence-electron chi connectivity index (χ4n) is 3.50. The summed E-state index contributed by atoms with van der Waals surface area (Å²) in [4.78, 5) is 28.5. The van der Waals surface area contributed by atoms with E-state index in [0.29, 0.717) is 17.7 Å². The van der Waals surface area contributed by atoms with Crippen LogP contribution in [0.3, 0.4) is 0 Å². The van der Waals surface area contributed by atoms with E-state index in [1.54, 1.807) is 0 Å². The Morgan fingerprint density at radius 3 is 2.48 bits per heavy atom. The second-order valence-corrected chi connectivity index (χ2v) is 6.99. The molecule has 0 aliphatic carbocycles. The van der Waals surface area contributed by atoms with Gasteiger partial charge in [-0.25, -0.2) is 13.6 Å². The molecule has 0 bridgehead atoms. The molecular formula is C20H16F2N6O3. The molecule has 1 aliphatic rings. The minimum atomic E-state index is -1.43. The molecule has 2 atom stereocenters. The van der Waals surface area contributed by atoms with Crippen molar-refractivity contribution in [2.45, 2.75) is 18.9 Å². The van der Waals surface area contributed by atoms with Crippen LogP contribution in [0, 0.1) is 11.6 Å². The zero-order valence-corrected chi connectivity index (χ0v) is 16.2. The van der Waals surface area contributed by atoms with Gasteiger partial charge in [0.25, 0.3) is 0 Å². The molecule has 0 saturated carbocycles. The fraction of sp³-hybridized carbons (Fsp3) is 0.200. The lowest BCUT2D eigenvalue weighted by Gasteiger charge is -2.30. The van der Waals surface area contributed by atoms with Crippen LogP contribution in [0.4, 0.5) is 14.5 Å². The summed E-state index contributed by atoms with van der Waals surface area (Å²) in [6.07, 6.45) is 2.48. The van der Waals surface area contributed by atoms with E-state index in [0.717, 1.165) is 4.57 Å². The Balaban J connectivity index is 1.69. The molecule has 4 rings (SSSR count). The number of azide groups is 1. The van der Waals surface area contributed by atoms with E-state index in [9.17, 15) is 18.4 Å². The fourth-order valence-corrected chi connectivity index (χ4v) is 3.50. The molecule has 1 aromatic heterocycles. The van der Waals surface area contributed by atoms with Gasteiger partial charge < -0.3 is 9.64 Å². The molecule has 1 aliphatic heterocycles. The normalized spacial score (nSPS) is 20.5. The van der Waals surface area contributed by atoms with Crippen molar-refractivity contribution in [3.63, 3.8) is 0 Å². The van der Waals surface area contributed by atoms with Crippen molar-refractivity contribution in [1.82, 2.24) is 9.13 Å². The average Bonchev–Trinajstić information content (AvgIpc) is 3.29. The van der Waals surface area contributed by atoms with Crippen LogP contribution in [0.15, 0.2) is 64.8 Å². The molecule has 2 aromatic carbocycles. The van der Waals surface area contributed by atoms with Crippen LogP contribution in [-0.2, 0) is 9.53 Å². The molecule has 158 valence electrons. The topological polar surface area (TPSA) is 105 Å². The number of benzene rings is 2. The molecular weight excluding hydrogens is 410 g/mol. The predicted octanol–water partition coefficient (Wildman–Crippen LogP) is 3.29. The number of rotatable bonds is 5. The number of aldehydes is 1. The summed E-state index contributed by atoms with van der Waals surface area (Å²) in [5, 5.41) is 3.47. The number of anilines is 1. The summed E-state index contributed by atoms with van der Waals surface area (Å²) in [7, 11) is 0. The second kappa shape index (κ2) is 7.71. The average molecular weight is 426 g/mol. The molecule has 0 amide bonds. The van der Waals surface area contributed by atoms with Crippen molar-refractivity contribution in [3.05, 3.63) is 87.4 Å². The first kappa shape index (κ1) is 20.3. The van der Waals surface area contributed by atoms with Crippen molar-refractivity contribution < 1.29 is 18.3 Å². The van der Waals surface area contributed by atoms with E-state index >= 15 is 0 Å². The van der Waals surface area contributed by atoms with Gasteiger partial charge in [0.05, 0.1) is 17.9 Å². The molecule has 11 heteroatoms. The molecule has 2 heterocycles. The highest BCUT2D eigenvalue weighted by molar-refractivity contribution is 5.71. The maximum Gasteiger partial charge on any atom is 0.337 e. The molecule has 9 nitrogen and oxygen atoms in total. The number of hydrogen-bond donors (Lipinski definition) is 0. The number of hydrogen-bond acceptors (Lipinski definition) is 5. The SMILES string of the molecule is CC1(C=O)OC(N=[N+]=[N-])CN1c1ccc(-n2ccn(-c3ccc(F)cc3)c2=O)c(F)c1. The Hall–Kier alpha value is -3.95. The number of carbonyl (C=O) groups excluding carboxylic acids is 1. The Labute approximate surface area is 174 Å². The largest absolute Gasteiger partial charge is 0.338 e. The van der Waals surface area contributed by atoms with Crippen LogP contribution in [-0.4, -0.2) is 33.9 Å². The van der Waals surface area contributed by atoms with Crippen LogP contribution in [0.2, 0.25) is 0 Å². The number of carbonyl (C=O) groups is 1. The summed E-state index contributed by atoms with van der Waals surface area (Å²) >= 11 is 0. The smallest absolute Gasteiger partial charge is 0.337 e. The number of imidazole rings is 1. The van der Waals surface area contributed by atoms with Crippen molar-refractivity contribution in [2.24, 2.45) is 5.11 Å². The number of aromatic nitrogens is 2. The standard InChI is InChI=1S/C20H16F2N6O3/c1-20(12-29)28(11-18(31-20)24-25-23)15-6-7-17(16(22)10-15)27-9-8-26(19(27)30)14-4-2-13(21)3-5-14/h2-10,12,18H,11H2,1H3. The van der Waals surface area contributed by atoms with Crippen molar-refractivity contribution in [3.8, 4) is 11.4 Å².